The highest BCUT2D eigenvalue weighted by molar-refractivity contribution is 5.82. The maximum absolute atomic E-state index is 13.5. The largest absolute Gasteiger partial charge is 0.481 e. The third kappa shape index (κ3) is 5.68. The van der Waals surface area contributed by atoms with Gasteiger partial charge >= 0.3 is 0 Å². The molecule has 0 aromatic heterocycles. The van der Waals surface area contributed by atoms with Crippen LogP contribution >= 0.6 is 0 Å². The van der Waals surface area contributed by atoms with Gasteiger partial charge in [-0.2, -0.15) is 0 Å². The first kappa shape index (κ1) is 25.0. The van der Waals surface area contributed by atoms with Gasteiger partial charge in [0.05, 0.1) is 6.04 Å². The third-order valence-corrected chi connectivity index (χ3v) is 7.25. The fourth-order valence-corrected chi connectivity index (χ4v) is 5.01. The molecule has 0 radical (unpaired) electrons. The minimum absolute atomic E-state index is 0.139. The van der Waals surface area contributed by atoms with Gasteiger partial charge < -0.3 is 15.0 Å². The van der Waals surface area contributed by atoms with E-state index in [0.717, 1.165) is 30.4 Å². The predicted octanol–water partition coefficient (Wildman–Crippen LogP) is 5.49. The quantitative estimate of drug-likeness (QED) is 0.445. The molecule has 1 saturated carbocycles. The Labute approximate surface area is 217 Å². The molecule has 1 heterocycles. The number of halogens is 1. The van der Waals surface area contributed by atoms with Gasteiger partial charge in [-0.25, -0.2) is 4.39 Å². The molecule has 1 N–H and O–H groups in total. The van der Waals surface area contributed by atoms with Crippen LogP contribution in [-0.2, 0) is 22.6 Å². The van der Waals surface area contributed by atoms with Crippen molar-refractivity contribution in [2.75, 3.05) is 6.54 Å². The number of aryl methyl sites for hydroxylation is 1. The molecule has 1 aliphatic heterocycles. The zero-order valence-corrected chi connectivity index (χ0v) is 21.4. The maximum Gasteiger partial charge on any atom is 0.261 e. The fraction of sp³-hybridized carbons (Fsp3) is 0.355. The van der Waals surface area contributed by atoms with Crippen LogP contribution in [0.25, 0.3) is 0 Å². The van der Waals surface area contributed by atoms with Crippen molar-refractivity contribution in [2.45, 2.75) is 58.2 Å². The van der Waals surface area contributed by atoms with Crippen molar-refractivity contribution in [1.82, 2.24) is 10.2 Å². The second-order valence-electron chi connectivity index (χ2n) is 10.1. The van der Waals surface area contributed by atoms with Crippen molar-refractivity contribution in [1.29, 1.82) is 0 Å². The summed E-state index contributed by atoms with van der Waals surface area (Å²) in [5.74, 6) is 0.391. The first-order valence-electron chi connectivity index (χ1n) is 13.1. The van der Waals surface area contributed by atoms with Crippen LogP contribution in [0.5, 0.6) is 5.75 Å². The van der Waals surface area contributed by atoms with Gasteiger partial charge in [-0.3, -0.25) is 9.59 Å². The van der Waals surface area contributed by atoms with Gasteiger partial charge in [0.15, 0.2) is 6.10 Å². The molecule has 37 heavy (non-hydrogen) atoms. The Morgan fingerprint density at radius 2 is 1.86 bits per heavy atom. The Hall–Kier alpha value is -3.67. The van der Waals surface area contributed by atoms with E-state index < -0.39 is 6.10 Å². The first-order valence-corrected chi connectivity index (χ1v) is 13.1. The number of ether oxygens (including phenoxy) is 1. The lowest BCUT2D eigenvalue weighted by atomic mass is 9.87. The zero-order chi connectivity index (χ0) is 25.9. The van der Waals surface area contributed by atoms with Crippen molar-refractivity contribution in [3.8, 4) is 5.75 Å². The summed E-state index contributed by atoms with van der Waals surface area (Å²) in [4.78, 5) is 28.2. The molecule has 192 valence electrons. The standard InChI is InChI=1S/C31H33FN2O3/c1-3-28(30(35)33-19-21-5-4-6-25(32)17-21)37-26-14-13-22-15-16-34(31(36)24-11-12-24)29(27(22)18-26)23-9-7-20(2)8-10-23/h4-10,13-14,17-18,24,28-29H,3,11-12,15-16,19H2,1-2H3,(H,33,35)/t28-,29-/m0/s1. The molecular weight excluding hydrogens is 467 g/mol. The Balaban J connectivity index is 1.37. The molecule has 1 aliphatic carbocycles. The SMILES string of the molecule is CC[C@H](Oc1ccc2c(c1)[C@H](c1ccc(C)cc1)N(C(=O)C1CC1)CC2)C(=O)NCc1cccc(F)c1. The van der Waals surface area contributed by atoms with E-state index in [0.29, 0.717) is 24.3 Å². The van der Waals surface area contributed by atoms with Crippen molar-refractivity contribution in [3.63, 3.8) is 0 Å². The van der Waals surface area contributed by atoms with Crippen LogP contribution in [-0.4, -0.2) is 29.4 Å². The van der Waals surface area contributed by atoms with Crippen LogP contribution in [0, 0.1) is 18.7 Å². The number of nitrogens with zero attached hydrogens (tertiary/aromatic N) is 1. The summed E-state index contributed by atoms with van der Waals surface area (Å²) in [6, 6.07) is 20.3. The van der Waals surface area contributed by atoms with E-state index in [1.807, 2.05) is 24.0 Å². The molecule has 2 atom stereocenters. The van der Waals surface area contributed by atoms with Crippen molar-refractivity contribution in [2.24, 2.45) is 5.92 Å². The highest BCUT2D eigenvalue weighted by atomic mass is 19.1. The predicted molar refractivity (Wildman–Crippen MR) is 141 cm³/mol. The molecule has 0 bridgehead atoms. The number of fused-ring (bicyclic) bond motifs is 1. The Morgan fingerprint density at radius 1 is 1.08 bits per heavy atom. The molecule has 0 unspecified atom stereocenters. The number of benzene rings is 3. The van der Waals surface area contributed by atoms with E-state index >= 15 is 0 Å². The van der Waals surface area contributed by atoms with Crippen molar-refractivity contribution < 1.29 is 18.7 Å². The second-order valence-corrected chi connectivity index (χ2v) is 10.1. The van der Waals surface area contributed by atoms with Gasteiger partial charge in [-0.15, -0.1) is 0 Å². The summed E-state index contributed by atoms with van der Waals surface area (Å²) in [6.45, 7) is 4.88. The average molecular weight is 501 g/mol. The topological polar surface area (TPSA) is 58.6 Å². The van der Waals surface area contributed by atoms with Crippen molar-refractivity contribution >= 4 is 11.8 Å². The third-order valence-electron chi connectivity index (χ3n) is 7.25. The molecule has 0 saturated heterocycles. The number of hydrogen-bond acceptors (Lipinski definition) is 3. The van der Waals surface area contributed by atoms with Crippen LogP contribution in [0.2, 0.25) is 0 Å². The first-order chi connectivity index (χ1) is 17.9. The summed E-state index contributed by atoms with van der Waals surface area (Å²) in [6.07, 6.45) is 2.53. The zero-order valence-electron chi connectivity index (χ0n) is 21.4. The van der Waals surface area contributed by atoms with E-state index in [2.05, 4.69) is 42.6 Å². The van der Waals surface area contributed by atoms with E-state index in [-0.39, 0.29) is 36.1 Å². The minimum Gasteiger partial charge on any atom is -0.481 e. The Bertz CT molecular complexity index is 1290. The highest BCUT2D eigenvalue weighted by Gasteiger charge is 2.39. The average Bonchev–Trinajstić information content (AvgIpc) is 3.75. The van der Waals surface area contributed by atoms with Gasteiger partial charge in [0.2, 0.25) is 5.91 Å². The Morgan fingerprint density at radius 3 is 2.57 bits per heavy atom. The lowest BCUT2D eigenvalue weighted by Gasteiger charge is -2.38. The number of hydrogen-bond donors (Lipinski definition) is 1. The highest BCUT2D eigenvalue weighted by Crippen LogP contribution is 2.41. The van der Waals surface area contributed by atoms with Gasteiger partial charge in [0.25, 0.3) is 5.91 Å². The Kier molecular flexibility index (Phi) is 7.26. The van der Waals surface area contributed by atoms with Gasteiger partial charge in [-0.1, -0.05) is 55.0 Å². The lowest BCUT2D eigenvalue weighted by molar-refractivity contribution is -0.134. The molecule has 2 amide bonds. The summed E-state index contributed by atoms with van der Waals surface area (Å²) in [7, 11) is 0. The maximum atomic E-state index is 13.5. The number of amides is 2. The lowest BCUT2D eigenvalue weighted by Crippen LogP contribution is -2.41. The fourth-order valence-electron chi connectivity index (χ4n) is 5.01. The molecule has 1 fully saturated rings. The van der Waals surface area contributed by atoms with Crippen LogP contribution in [0.15, 0.2) is 66.7 Å². The van der Waals surface area contributed by atoms with Gasteiger partial charge in [0.1, 0.15) is 11.6 Å². The summed E-state index contributed by atoms with van der Waals surface area (Å²) < 4.78 is 19.7. The number of rotatable bonds is 8. The van der Waals surface area contributed by atoms with E-state index in [9.17, 15) is 14.0 Å². The molecule has 0 spiro atoms. The molecule has 2 aliphatic rings. The minimum atomic E-state index is -0.683. The molecular formula is C31H33FN2O3. The molecule has 5 nitrogen and oxygen atoms in total. The molecule has 6 heteroatoms. The number of nitrogens with one attached hydrogen (secondary N) is 1. The van der Waals surface area contributed by atoms with E-state index in [4.69, 9.17) is 4.74 Å². The summed E-state index contributed by atoms with van der Waals surface area (Å²) >= 11 is 0. The summed E-state index contributed by atoms with van der Waals surface area (Å²) in [5, 5.41) is 2.86. The van der Waals surface area contributed by atoms with Crippen LogP contribution in [0.1, 0.15) is 60.0 Å². The van der Waals surface area contributed by atoms with Crippen molar-refractivity contribution in [3.05, 3.63) is 100 Å². The van der Waals surface area contributed by atoms with Gasteiger partial charge in [-0.05, 0) is 79.1 Å². The van der Waals surface area contributed by atoms with Gasteiger partial charge in [0, 0.05) is 19.0 Å². The smallest absolute Gasteiger partial charge is 0.261 e. The van der Waals surface area contributed by atoms with E-state index in [1.54, 1.807) is 12.1 Å². The normalized spacial score (nSPS) is 17.6. The van der Waals surface area contributed by atoms with Crippen LogP contribution in [0.4, 0.5) is 4.39 Å². The molecule has 5 rings (SSSR count). The molecule has 3 aromatic rings. The number of carbonyl (C=O) groups is 2. The number of carbonyl (C=O) groups excluding carboxylic acids is 2. The molecule has 3 aromatic carbocycles. The van der Waals surface area contributed by atoms with E-state index in [1.165, 1.54) is 23.3 Å². The monoisotopic (exact) mass is 500 g/mol. The summed E-state index contributed by atoms with van der Waals surface area (Å²) in [5.41, 5.74) is 5.20. The van der Waals surface area contributed by atoms with Crippen LogP contribution < -0.4 is 10.1 Å². The van der Waals surface area contributed by atoms with Crippen LogP contribution in [0.3, 0.4) is 0 Å². The second kappa shape index (κ2) is 10.8.